The molecule has 0 atom stereocenters. The molecule has 72 valence electrons. The lowest BCUT2D eigenvalue weighted by molar-refractivity contribution is 0.501. The van der Waals surface area contributed by atoms with E-state index < -0.39 is 0 Å². The summed E-state index contributed by atoms with van der Waals surface area (Å²) in [6.45, 7) is 4.44. The van der Waals surface area contributed by atoms with Crippen LogP contribution in [0.15, 0.2) is 11.4 Å². The van der Waals surface area contributed by atoms with Crippen molar-refractivity contribution in [3.63, 3.8) is 0 Å². The van der Waals surface area contributed by atoms with Gasteiger partial charge >= 0.3 is 0 Å². The van der Waals surface area contributed by atoms with Crippen molar-refractivity contribution in [3.8, 4) is 0 Å². The first-order valence-corrected chi connectivity index (χ1v) is 5.87. The Bertz CT molecular complexity index is 291. The van der Waals surface area contributed by atoms with Crippen LogP contribution < -0.4 is 5.32 Å². The van der Waals surface area contributed by atoms with E-state index in [1.54, 1.807) is 11.3 Å². The van der Waals surface area contributed by atoms with Gasteiger partial charge in [-0.2, -0.15) is 0 Å². The van der Waals surface area contributed by atoms with Crippen molar-refractivity contribution in [2.45, 2.75) is 26.3 Å². The van der Waals surface area contributed by atoms with Crippen molar-refractivity contribution in [2.24, 2.45) is 5.41 Å². The molecule has 3 heteroatoms. The molecule has 1 saturated carbocycles. The van der Waals surface area contributed by atoms with Crippen LogP contribution in [-0.2, 0) is 6.54 Å². The number of rotatable bonds is 4. The summed E-state index contributed by atoms with van der Waals surface area (Å²) in [5.74, 6) is 0. The van der Waals surface area contributed by atoms with Crippen LogP contribution in [0.1, 0.15) is 24.6 Å². The maximum atomic E-state index is 5.82. The van der Waals surface area contributed by atoms with E-state index in [1.165, 1.54) is 17.7 Å². The zero-order chi connectivity index (χ0) is 9.31. The Hall–Kier alpha value is -0.0500. The minimum atomic E-state index is 0.598. The van der Waals surface area contributed by atoms with Gasteiger partial charge in [-0.15, -0.1) is 11.3 Å². The summed E-state index contributed by atoms with van der Waals surface area (Å²) in [5, 5.41) is 6.31. The quantitative estimate of drug-likeness (QED) is 0.813. The smallest absolute Gasteiger partial charge is 0.0516 e. The Kier molecular flexibility index (Phi) is 2.63. The van der Waals surface area contributed by atoms with Crippen LogP contribution in [0, 0.1) is 5.41 Å². The third kappa shape index (κ3) is 2.70. The summed E-state index contributed by atoms with van der Waals surface area (Å²) >= 11 is 7.55. The molecule has 0 spiro atoms. The second-order valence-electron chi connectivity index (χ2n) is 4.15. The van der Waals surface area contributed by atoms with Crippen LogP contribution in [0.4, 0.5) is 0 Å². The van der Waals surface area contributed by atoms with Crippen LogP contribution in [0.25, 0.3) is 0 Å². The minimum Gasteiger partial charge on any atom is -0.311 e. The Balaban J connectivity index is 1.73. The molecular formula is C10H14ClNS. The molecule has 0 saturated heterocycles. The Morgan fingerprint density at radius 1 is 1.62 bits per heavy atom. The maximum Gasteiger partial charge on any atom is 0.0516 e. The predicted octanol–water partition coefficient (Wildman–Crippen LogP) is 3.29. The summed E-state index contributed by atoms with van der Waals surface area (Å²) < 4.78 is 0. The third-order valence-corrected chi connectivity index (χ3v) is 3.86. The summed E-state index contributed by atoms with van der Waals surface area (Å²) in [6.07, 6.45) is 2.76. The first kappa shape index (κ1) is 9.50. The molecule has 1 aromatic heterocycles. The van der Waals surface area contributed by atoms with E-state index in [2.05, 4.69) is 12.2 Å². The molecule has 0 amide bonds. The molecule has 1 heterocycles. The van der Waals surface area contributed by atoms with E-state index in [0.717, 1.165) is 18.1 Å². The second kappa shape index (κ2) is 3.60. The zero-order valence-electron chi connectivity index (χ0n) is 7.77. The van der Waals surface area contributed by atoms with Crippen LogP contribution in [-0.4, -0.2) is 6.54 Å². The van der Waals surface area contributed by atoms with Gasteiger partial charge in [0.2, 0.25) is 0 Å². The first-order chi connectivity index (χ1) is 6.18. The normalized spacial score (nSPS) is 18.9. The molecule has 1 nitrogen and oxygen atoms in total. The van der Waals surface area contributed by atoms with Crippen LogP contribution >= 0.6 is 22.9 Å². The molecule has 0 aliphatic heterocycles. The fraction of sp³-hybridized carbons (Fsp3) is 0.600. The van der Waals surface area contributed by atoms with E-state index in [0.29, 0.717) is 5.41 Å². The monoisotopic (exact) mass is 215 g/mol. The minimum absolute atomic E-state index is 0.598. The van der Waals surface area contributed by atoms with Gasteiger partial charge in [-0.1, -0.05) is 18.5 Å². The number of nitrogens with one attached hydrogen (secondary N) is 1. The molecule has 13 heavy (non-hydrogen) atoms. The van der Waals surface area contributed by atoms with Crippen molar-refractivity contribution in [2.75, 3.05) is 6.54 Å². The van der Waals surface area contributed by atoms with E-state index in [1.807, 2.05) is 11.4 Å². The molecule has 0 radical (unpaired) electrons. The third-order valence-electron chi connectivity index (χ3n) is 2.58. The highest BCUT2D eigenvalue weighted by molar-refractivity contribution is 7.10. The summed E-state index contributed by atoms with van der Waals surface area (Å²) in [4.78, 5) is 1.33. The van der Waals surface area contributed by atoms with Crippen molar-refractivity contribution < 1.29 is 0 Å². The average Bonchev–Trinajstić information content (AvgIpc) is 2.65. The molecule has 0 aromatic carbocycles. The fourth-order valence-electron chi connectivity index (χ4n) is 1.32. The van der Waals surface area contributed by atoms with E-state index in [-0.39, 0.29) is 0 Å². The highest BCUT2D eigenvalue weighted by Crippen LogP contribution is 2.44. The van der Waals surface area contributed by atoms with Gasteiger partial charge in [0.15, 0.2) is 0 Å². The molecule has 1 N–H and O–H groups in total. The second-order valence-corrected chi connectivity index (χ2v) is 5.58. The van der Waals surface area contributed by atoms with Crippen molar-refractivity contribution in [1.29, 1.82) is 0 Å². The van der Waals surface area contributed by atoms with Crippen LogP contribution in [0.2, 0.25) is 5.02 Å². The molecule has 0 unspecified atom stereocenters. The van der Waals surface area contributed by atoms with Crippen LogP contribution in [0.3, 0.4) is 0 Å². The van der Waals surface area contributed by atoms with Gasteiger partial charge in [0, 0.05) is 23.3 Å². The van der Waals surface area contributed by atoms with Gasteiger partial charge in [-0.3, -0.25) is 0 Å². The lowest BCUT2D eigenvalue weighted by Gasteiger charge is -2.08. The number of hydrogen-bond donors (Lipinski definition) is 1. The molecule has 0 bridgehead atoms. The number of hydrogen-bond acceptors (Lipinski definition) is 2. The first-order valence-electron chi connectivity index (χ1n) is 4.62. The van der Waals surface area contributed by atoms with E-state index in [4.69, 9.17) is 11.6 Å². The highest BCUT2D eigenvalue weighted by Gasteiger charge is 2.36. The SMILES string of the molecule is CC1(CNCc2cc(Cl)cs2)CC1. The molecule has 1 aliphatic carbocycles. The zero-order valence-corrected chi connectivity index (χ0v) is 9.34. The Morgan fingerprint density at radius 2 is 2.38 bits per heavy atom. The van der Waals surface area contributed by atoms with Gasteiger partial charge in [-0.05, 0) is 24.3 Å². The maximum absolute atomic E-state index is 5.82. The van der Waals surface area contributed by atoms with Gasteiger partial charge < -0.3 is 5.32 Å². The van der Waals surface area contributed by atoms with Crippen molar-refractivity contribution in [1.82, 2.24) is 5.32 Å². The number of thiophene rings is 1. The average molecular weight is 216 g/mol. The van der Waals surface area contributed by atoms with Crippen molar-refractivity contribution in [3.05, 3.63) is 21.3 Å². The molecular weight excluding hydrogens is 202 g/mol. The largest absolute Gasteiger partial charge is 0.311 e. The lowest BCUT2D eigenvalue weighted by Crippen LogP contribution is -2.20. The summed E-state index contributed by atoms with van der Waals surface area (Å²) in [6, 6.07) is 2.04. The molecule has 1 aliphatic rings. The Labute approximate surface area is 88.1 Å². The van der Waals surface area contributed by atoms with E-state index >= 15 is 0 Å². The topological polar surface area (TPSA) is 12.0 Å². The fourth-order valence-corrected chi connectivity index (χ4v) is 2.37. The summed E-state index contributed by atoms with van der Waals surface area (Å²) in [7, 11) is 0. The highest BCUT2D eigenvalue weighted by atomic mass is 35.5. The van der Waals surface area contributed by atoms with Crippen molar-refractivity contribution >= 4 is 22.9 Å². The number of halogens is 1. The predicted molar refractivity (Wildman–Crippen MR) is 58.4 cm³/mol. The van der Waals surface area contributed by atoms with Gasteiger partial charge in [0.1, 0.15) is 0 Å². The van der Waals surface area contributed by atoms with Gasteiger partial charge in [0.05, 0.1) is 5.02 Å². The van der Waals surface area contributed by atoms with Gasteiger partial charge in [-0.25, -0.2) is 0 Å². The molecule has 1 aromatic rings. The lowest BCUT2D eigenvalue weighted by atomic mass is 10.1. The molecule has 2 rings (SSSR count). The standard InChI is InChI=1S/C10H14ClNS/c1-10(2-3-10)7-12-5-9-4-8(11)6-13-9/h4,6,12H,2-3,5,7H2,1H3. The van der Waals surface area contributed by atoms with Gasteiger partial charge in [0.25, 0.3) is 0 Å². The van der Waals surface area contributed by atoms with E-state index in [9.17, 15) is 0 Å². The summed E-state index contributed by atoms with van der Waals surface area (Å²) in [5.41, 5.74) is 0.598. The Morgan fingerprint density at radius 3 is 2.92 bits per heavy atom. The molecule has 1 fully saturated rings. The van der Waals surface area contributed by atoms with Crippen LogP contribution in [0.5, 0.6) is 0 Å².